The second kappa shape index (κ2) is 5.38. The number of furan rings is 1. The number of aryl methyl sites for hydroxylation is 1. The standard InChI is InChI=1S/C19H13NO4/c1-11-5-4-6-12(9-11)20-18(22)16-10-14-17(21)13-7-2-3-8-15(13)23-19(14)24-16/h2-10H,1H3,(H,20,22). The highest BCUT2D eigenvalue weighted by atomic mass is 16.5. The Labute approximate surface area is 136 Å². The normalized spacial score (nSPS) is 11.0. The lowest BCUT2D eigenvalue weighted by molar-refractivity contribution is 0.0997. The minimum absolute atomic E-state index is 0.0302. The van der Waals surface area contributed by atoms with Crippen LogP contribution in [0.5, 0.6) is 0 Å². The van der Waals surface area contributed by atoms with E-state index in [1.54, 1.807) is 30.3 Å². The average molecular weight is 319 g/mol. The zero-order valence-electron chi connectivity index (χ0n) is 12.8. The zero-order chi connectivity index (χ0) is 16.7. The van der Waals surface area contributed by atoms with E-state index < -0.39 is 5.91 Å². The number of anilines is 1. The second-order valence-electron chi connectivity index (χ2n) is 5.56. The van der Waals surface area contributed by atoms with Gasteiger partial charge in [0.2, 0.25) is 5.43 Å². The van der Waals surface area contributed by atoms with Crippen LogP contribution in [0, 0.1) is 6.92 Å². The Morgan fingerprint density at radius 3 is 2.62 bits per heavy atom. The predicted molar refractivity (Wildman–Crippen MR) is 91.4 cm³/mol. The van der Waals surface area contributed by atoms with E-state index in [4.69, 9.17) is 8.83 Å². The summed E-state index contributed by atoms with van der Waals surface area (Å²) in [6.07, 6.45) is 0. The Hall–Kier alpha value is -3.34. The van der Waals surface area contributed by atoms with Gasteiger partial charge in [0.15, 0.2) is 5.76 Å². The molecule has 0 unspecified atom stereocenters. The Bertz CT molecular complexity index is 1140. The summed E-state index contributed by atoms with van der Waals surface area (Å²) in [5.74, 6) is -0.355. The van der Waals surface area contributed by atoms with Crippen molar-refractivity contribution in [2.75, 3.05) is 5.32 Å². The highest BCUT2D eigenvalue weighted by Gasteiger charge is 2.17. The molecular formula is C19H13NO4. The topological polar surface area (TPSA) is 72.5 Å². The highest BCUT2D eigenvalue weighted by Crippen LogP contribution is 2.22. The Morgan fingerprint density at radius 2 is 1.79 bits per heavy atom. The van der Waals surface area contributed by atoms with Crippen LogP contribution in [0.25, 0.3) is 22.1 Å². The molecule has 0 aliphatic carbocycles. The highest BCUT2D eigenvalue weighted by molar-refractivity contribution is 6.04. The second-order valence-corrected chi connectivity index (χ2v) is 5.56. The fourth-order valence-corrected chi connectivity index (χ4v) is 2.62. The third-order valence-electron chi connectivity index (χ3n) is 3.78. The van der Waals surface area contributed by atoms with E-state index in [1.807, 2.05) is 25.1 Å². The van der Waals surface area contributed by atoms with Gasteiger partial charge in [-0.1, -0.05) is 24.3 Å². The SMILES string of the molecule is Cc1cccc(NC(=O)c2cc3c(=O)c4ccccc4oc3o2)c1. The van der Waals surface area contributed by atoms with Crippen LogP contribution in [0.2, 0.25) is 0 Å². The Balaban J connectivity index is 1.77. The molecule has 24 heavy (non-hydrogen) atoms. The lowest BCUT2D eigenvalue weighted by Crippen LogP contribution is -2.10. The van der Waals surface area contributed by atoms with Crippen LogP contribution >= 0.6 is 0 Å². The molecule has 0 radical (unpaired) electrons. The molecule has 1 N–H and O–H groups in total. The fraction of sp³-hybridized carbons (Fsp3) is 0.0526. The van der Waals surface area contributed by atoms with E-state index in [1.165, 1.54) is 6.07 Å². The summed E-state index contributed by atoms with van der Waals surface area (Å²) in [7, 11) is 0. The summed E-state index contributed by atoms with van der Waals surface area (Å²) in [5, 5.41) is 3.45. The third-order valence-corrected chi connectivity index (χ3v) is 3.78. The molecule has 0 atom stereocenters. The monoisotopic (exact) mass is 319 g/mol. The first-order chi connectivity index (χ1) is 11.6. The summed E-state index contributed by atoms with van der Waals surface area (Å²) in [6, 6.07) is 15.7. The zero-order valence-corrected chi connectivity index (χ0v) is 12.8. The summed E-state index contributed by atoms with van der Waals surface area (Å²) in [6.45, 7) is 1.94. The van der Waals surface area contributed by atoms with Gasteiger partial charge in [0.25, 0.3) is 5.91 Å². The number of para-hydroxylation sites is 1. The molecule has 0 bridgehead atoms. The van der Waals surface area contributed by atoms with Gasteiger partial charge in [-0.15, -0.1) is 0 Å². The number of hydrogen-bond donors (Lipinski definition) is 1. The van der Waals surface area contributed by atoms with Crippen LogP contribution in [0.4, 0.5) is 5.69 Å². The third kappa shape index (κ3) is 2.36. The quantitative estimate of drug-likeness (QED) is 0.604. The molecule has 0 spiro atoms. The summed E-state index contributed by atoms with van der Waals surface area (Å²) < 4.78 is 11.0. The predicted octanol–water partition coefficient (Wildman–Crippen LogP) is 4.10. The van der Waals surface area contributed by atoms with Crippen molar-refractivity contribution < 1.29 is 13.6 Å². The van der Waals surface area contributed by atoms with Crippen molar-refractivity contribution in [3.8, 4) is 0 Å². The van der Waals surface area contributed by atoms with Crippen molar-refractivity contribution in [1.29, 1.82) is 0 Å². The molecule has 0 saturated heterocycles. The lowest BCUT2D eigenvalue weighted by Gasteiger charge is -2.03. The Kier molecular flexibility index (Phi) is 3.20. The van der Waals surface area contributed by atoms with Gasteiger partial charge in [-0.05, 0) is 36.8 Å². The van der Waals surface area contributed by atoms with E-state index in [2.05, 4.69) is 5.32 Å². The summed E-state index contributed by atoms with van der Waals surface area (Å²) in [4.78, 5) is 24.8. The van der Waals surface area contributed by atoms with Crippen LogP contribution in [-0.4, -0.2) is 5.91 Å². The van der Waals surface area contributed by atoms with Crippen LogP contribution in [0.15, 0.2) is 68.2 Å². The van der Waals surface area contributed by atoms with Gasteiger partial charge in [0.05, 0.1) is 5.39 Å². The van der Waals surface area contributed by atoms with Crippen LogP contribution in [-0.2, 0) is 0 Å². The van der Waals surface area contributed by atoms with Crippen LogP contribution < -0.4 is 10.7 Å². The number of rotatable bonds is 2. The fourth-order valence-electron chi connectivity index (χ4n) is 2.62. The molecular weight excluding hydrogens is 306 g/mol. The maximum atomic E-state index is 12.5. The van der Waals surface area contributed by atoms with Gasteiger partial charge in [-0.25, -0.2) is 0 Å². The number of benzene rings is 2. The maximum absolute atomic E-state index is 12.5. The van der Waals surface area contributed by atoms with Crippen molar-refractivity contribution in [3.63, 3.8) is 0 Å². The molecule has 0 fully saturated rings. The van der Waals surface area contributed by atoms with Crippen molar-refractivity contribution in [1.82, 2.24) is 0 Å². The average Bonchev–Trinajstić information content (AvgIpc) is 3.00. The first-order valence-electron chi connectivity index (χ1n) is 7.45. The minimum atomic E-state index is -0.435. The van der Waals surface area contributed by atoms with Gasteiger partial charge in [0, 0.05) is 11.8 Å². The minimum Gasteiger partial charge on any atom is -0.425 e. The smallest absolute Gasteiger partial charge is 0.302 e. The molecule has 118 valence electrons. The number of fused-ring (bicyclic) bond motifs is 2. The molecule has 4 rings (SSSR count). The number of carbonyl (C=O) groups is 1. The van der Waals surface area contributed by atoms with Crippen LogP contribution in [0.1, 0.15) is 16.1 Å². The van der Waals surface area contributed by atoms with Crippen LogP contribution in [0.3, 0.4) is 0 Å². The van der Waals surface area contributed by atoms with Gasteiger partial charge in [-0.3, -0.25) is 9.59 Å². The largest absolute Gasteiger partial charge is 0.425 e. The van der Waals surface area contributed by atoms with E-state index in [9.17, 15) is 9.59 Å². The van der Waals surface area contributed by atoms with Crippen molar-refractivity contribution in [3.05, 3.63) is 76.1 Å². The number of hydrogen-bond acceptors (Lipinski definition) is 4. The molecule has 2 aromatic carbocycles. The van der Waals surface area contributed by atoms with Gasteiger partial charge < -0.3 is 14.2 Å². The molecule has 2 heterocycles. The summed E-state index contributed by atoms with van der Waals surface area (Å²) in [5.41, 5.74) is 1.89. The number of amides is 1. The number of carbonyl (C=O) groups excluding carboxylic acids is 1. The first kappa shape index (κ1) is 14.3. The molecule has 5 heteroatoms. The van der Waals surface area contributed by atoms with Gasteiger partial charge in [0.1, 0.15) is 11.0 Å². The molecule has 0 aliphatic heterocycles. The van der Waals surface area contributed by atoms with Crippen molar-refractivity contribution in [2.24, 2.45) is 0 Å². The molecule has 2 aromatic heterocycles. The van der Waals surface area contributed by atoms with Gasteiger partial charge in [-0.2, -0.15) is 0 Å². The molecule has 0 aliphatic rings. The summed E-state index contributed by atoms with van der Waals surface area (Å²) >= 11 is 0. The molecule has 1 amide bonds. The lowest BCUT2D eigenvalue weighted by atomic mass is 10.2. The molecule has 4 aromatic rings. The van der Waals surface area contributed by atoms with Crippen molar-refractivity contribution in [2.45, 2.75) is 6.92 Å². The maximum Gasteiger partial charge on any atom is 0.302 e. The molecule has 0 saturated carbocycles. The van der Waals surface area contributed by atoms with E-state index in [-0.39, 0.29) is 22.4 Å². The Morgan fingerprint density at radius 1 is 0.958 bits per heavy atom. The van der Waals surface area contributed by atoms with E-state index in [0.717, 1.165) is 5.56 Å². The van der Waals surface area contributed by atoms with Crippen molar-refractivity contribution >= 4 is 33.7 Å². The van der Waals surface area contributed by atoms with E-state index >= 15 is 0 Å². The molecule has 5 nitrogen and oxygen atoms in total. The first-order valence-corrected chi connectivity index (χ1v) is 7.45. The number of nitrogens with one attached hydrogen (secondary N) is 1. The van der Waals surface area contributed by atoms with Gasteiger partial charge >= 0.3 is 5.78 Å². The van der Waals surface area contributed by atoms with E-state index in [0.29, 0.717) is 16.7 Å².